The highest BCUT2D eigenvalue weighted by Gasteiger charge is 2.54. The first-order chi connectivity index (χ1) is 18.7. The predicted octanol–water partition coefficient (Wildman–Crippen LogP) is 1.99. The van der Waals surface area contributed by atoms with Crippen molar-refractivity contribution in [2.75, 3.05) is 26.7 Å². The molecule has 40 heavy (non-hydrogen) atoms. The maximum absolute atomic E-state index is 13.8. The van der Waals surface area contributed by atoms with E-state index in [1.54, 1.807) is 7.05 Å². The second-order valence-corrected chi connectivity index (χ2v) is 10.5. The van der Waals surface area contributed by atoms with E-state index < -0.39 is 47.3 Å². The number of benzene rings is 1. The number of alkyl halides is 3. The molecule has 10 nitrogen and oxygen atoms in total. The lowest BCUT2D eigenvalue weighted by molar-refractivity contribution is -0.143. The van der Waals surface area contributed by atoms with E-state index in [0.29, 0.717) is 18.6 Å². The molecule has 0 bridgehead atoms. The van der Waals surface area contributed by atoms with E-state index in [1.807, 2.05) is 30.3 Å². The summed E-state index contributed by atoms with van der Waals surface area (Å²) in [5, 5.41) is 8.27. The lowest BCUT2D eigenvalue weighted by Crippen LogP contribution is -2.62. The van der Waals surface area contributed by atoms with Crippen molar-refractivity contribution in [2.24, 2.45) is 16.3 Å². The van der Waals surface area contributed by atoms with E-state index in [1.165, 1.54) is 29.8 Å². The van der Waals surface area contributed by atoms with Crippen LogP contribution in [0.2, 0.25) is 0 Å². The molecule has 1 aromatic heterocycles. The molecule has 2 atom stereocenters. The van der Waals surface area contributed by atoms with Gasteiger partial charge in [0.2, 0.25) is 17.7 Å². The summed E-state index contributed by atoms with van der Waals surface area (Å²) in [7, 11) is 1.56. The number of piperidine rings is 1. The number of likely N-dealkylation sites (tertiary alicyclic amines) is 1. The Bertz CT molecular complexity index is 1310. The third-order valence-electron chi connectivity index (χ3n) is 6.87. The topological polar surface area (TPSA) is 130 Å². The SMILES string of the molecule is CN1N=C2CCN(C(=O)C(COc3cccc(C(F)(F)F)n3)NC(=O)C(C)(C)N)CC2(Cc2ccccc2)C1=O. The molecule has 3 amide bonds. The van der Waals surface area contributed by atoms with Gasteiger partial charge in [-0.3, -0.25) is 14.4 Å². The highest BCUT2D eigenvalue weighted by atomic mass is 19.4. The Morgan fingerprint density at radius 2 is 1.85 bits per heavy atom. The standard InChI is InChI=1S/C27H31F3N6O4/c1-25(2,31)23(38)32-18(15-40-21-11-7-10-20(33-21)27(28,29)30)22(37)36-13-12-19-26(16-36,24(39)35(3)34-19)14-17-8-5-4-6-9-17/h4-11,18H,12-16,31H2,1-3H3,(H,32,38). The highest BCUT2D eigenvalue weighted by molar-refractivity contribution is 6.13. The van der Waals surface area contributed by atoms with E-state index >= 15 is 0 Å². The van der Waals surface area contributed by atoms with Crippen LogP contribution in [0.1, 0.15) is 31.5 Å². The third kappa shape index (κ3) is 6.09. The summed E-state index contributed by atoms with van der Waals surface area (Å²) in [6.45, 7) is 2.61. The monoisotopic (exact) mass is 560 g/mol. The van der Waals surface area contributed by atoms with Crippen LogP contribution in [0.3, 0.4) is 0 Å². The summed E-state index contributed by atoms with van der Waals surface area (Å²) in [5.74, 6) is -1.85. The van der Waals surface area contributed by atoms with E-state index in [4.69, 9.17) is 10.5 Å². The minimum Gasteiger partial charge on any atom is -0.475 e. The van der Waals surface area contributed by atoms with Crippen LogP contribution in [-0.4, -0.2) is 76.7 Å². The van der Waals surface area contributed by atoms with Crippen LogP contribution >= 0.6 is 0 Å². The van der Waals surface area contributed by atoms with Gasteiger partial charge in [0.05, 0.1) is 11.3 Å². The maximum Gasteiger partial charge on any atom is 0.433 e. The lowest BCUT2D eigenvalue weighted by atomic mass is 9.73. The van der Waals surface area contributed by atoms with Crippen molar-refractivity contribution in [3.63, 3.8) is 0 Å². The molecule has 2 aliphatic heterocycles. The highest BCUT2D eigenvalue weighted by Crippen LogP contribution is 2.38. The quantitative estimate of drug-likeness (QED) is 0.508. The Kier molecular flexibility index (Phi) is 7.88. The lowest BCUT2D eigenvalue weighted by Gasteiger charge is -2.40. The van der Waals surface area contributed by atoms with Gasteiger partial charge in [0.25, 0.3) is 5.91 Å². The van der Waals surface area contributed by atoms with Gasteiger partial charge in [-0.2, -0.15) is 18.3 Å². The number of amides is 3. The number of hydrogen-bond acceptors (Lipinski definition) is 7. The number of carbonyl (C=O) groups excluding carboxylic acids is 3. The summed E-state index contributed by atoms with van der Waals surface area (Å²) in [5.41, 5.74) is 3.87. The molecule has 4 rings (SSSR count). The van der Waals surface area contributed by atoms with Crippen molar-refractivity contribution < 1.29 is 32.3 Å². The third-order valence-corrected chi connectivity index (χ3v) is 6.87. The van der Waals surface area contributed by atoms with E-state index in [2.05, 4.69) is 15.4 Å². The molecular formula is C27H31F3N6O4. The first-order valence-corrected chi connectivity index (χ1v) is 12.7. The fourth-order valence-corrected chi connectivity index (χ4v) is 4.78. The van der Waals surface area contributed by atoms with Gasteiger partial charge in [-0.1, -0.05) is 36.4 Å². The normalized spacial score (nSPS) is 20.1. The molecule has 2 unspecified atom stereocenters. The Hall–Kier alpha value is -4.00. The first kappa shape index (κ1) is 29.0. The molecule has 214 valence electrons. The van der Waals surface area contributed by atoms with Crippen LogP contribution in [0.5, 0.6) is 5.88 Å². The van der Waals surface area contributed by atoms with Gasteiger partial charge in [-0.15, -0.1) is 0 Å². The molecule has 2 aliphatic rings. The van der Waals surface area contributed by atoms with Crippen LogP contribution < -0.4 is 15.8 Å². The summed E-state index contributed by atoms with van der Waals surface area (Å²) in [6.07, 6.45) is -4.04. The van der Waals surface area contributed by atoms with Gasteiger partial charge in [0, 0.05) is 32.6 Å². The van der Waals surface area contributed by atoms with Crippen molar-refractivity contribution in [1.29, 1.82) is 0 Å². The Balaban J connectivity index is 1.59. The Morgan fingerprint density at radius 1 is 1.15 bits per heavy atom. The number of fused-ring (bicyclic) bond motifs is 1. The van der Waals surface area contributed by atoms with Gasteiger partial charge in [0.15, 0.2) is 0 Å². The van der Waals surface area contributed by atoms with Crippen molar-refractivity contribution in [2.45, 2.75) is 44.4 Å². The van der Waals surface area contributed by atoms with Gasteiger partial charge in [0.1, 0.15) is 23.8 Å². The molecular weight excluding hydrogens is 529 g/mol. The predicted molar refractivity (Wildman–Crippen MR) is 139 cm³/mol. The van der Waals surface area contributed by atoms with Crippen LogP contribution in [0.4, 0.5) is 13.2 Å². The van der Waals surface area contributed by atoms with Gasteiger partial charge in [-0.25, -0.2) is 9.99 Å². The van der Waals surface area contributed by atoms with Crippen molar-refractivity contribution in [1.82, 2.24) is 20.2 Å². The fraction of sp³-hybridized carbons (Fsp3) is 0.444. The summed E-state index contributed by atoms with van der Waals surface area (Å²) in [4.78, 5) is 44.9. The van der Waals surface area contributed by atoms with Crippen LogP contribution in [0.15, 0.2) is 53.6 Å². The average Bonchev–Trinajstić information content (AvgIpc) is 3.14. The van der Waals surface area contributed by atoms with Crippen molar-refractivity contribution in [3.05, 3.63) is 59.8 Å². The van der Waals surface area contributed by atoms with Crippen molar-refractivity contribution in [3.8, 4) is 5.88 Å². The number of hydrogen-bond donors (Lipinski definition) is 2. The molecule has 0 spiro atoms. The van der Waals surface area contributed by atoms with E-state index in [0.717, 1.165) is 17.7 Å². The number of ether oxygens (including phenoxy) is 1. The fourth-order valence-electron chi connectivity index (χ4n) is 4.78. The minimum absolute atomic E-state index is 0.00291. The number of nitrogens with one attached hydrogen (secondary N) is 1. The molecule has 2 aromatic rings. The Labute approximate surface area is 229 Å². The molecule has 1 saturated heterocycles. The molecule has 0 aliphatic carbocycles. The molecule has 3 N–H and O–H groups in total. The minimum atomic E-state index is -4.69. The number of nitrogens with zero attached hydrogens (tertiary/aromatic N) is 4. The van der Waals surface area contributed by atoms with Gasteiger partial charge < -0.3 is 20.7 Å². The van der Waals surface area contributed by atoms with Gasteiger partial charge >= 0.3 is 6.18 Å². The molecule has 1 aromatic carbocycles. The molecule has 0 radical (unpaired) electrons. The molecule has 1 fully saturated rings. The van der Waals surface area contributed by atoms with E-state index in [-0.39, 0.29) is 24.9 Å². The summed E-state index contributed by atoms with van der Waals surface area (Å²) in [6, 6.07) is 11.2. The largest absolute Gasteiger partial charge is 0.475 e. The second kappa shape index (κ2) is 10.9. The number of halogens is 3. The number of rotatable bonds is 8. The zero-order chi connectivity index (χ0) is 29.3. The molecule has 13 heteroatoms. The Morgan fingerprint density at radius 3 is 2.50 bits per heavy atom. The van der Waals surface area contributed by atoms with Gasteiger partial charge in [-0.05, 0) is 31.9 Å². The number of hydrazone groups is 1. The van der Waals surface area contributed by atoms with E-state index in [9.17, 15) is 27.6 Å². The number of nitrogens with two attached hydrogens (primary N) is 1. The zero-order valence-corrected chi connectivity index (χ0v) is 22.4. The smallest absolute Gasteiger partial charge is 0.433 e. The number of aromatic nitrogens is 1. The van der Waals surface area contributed by atoms with Crippen LogP contribution in [0, 0.1) is 5.41 Å². The first-order valence-electron chi connectivity index (χ1n) is 12.7. The summed E-state index contributed by atoms with van der Waals surface area (Å²) >= 11 is 0. The summed E-state index contributed by atoms with van der Waals surface area (Å²) < 4.78 is 44.8. The molecule has 0 saturated carbocycles. The zero-order valence-electron chi connectivity index (χ0n) is 22.4. The van der Waals surface area contributed by atoms with Crippen LogP contribution in [-0.2, 0) is 27.0 Å². The average molecular weight is 561 g/mol. The number of pyridine rings is 1. The maximum atomic E-state index is 13.8. The van der Waals surface area contributed by atoms with Crippen molar-refractivity contribution >= 4 is 23.4 Å². The van der Waals surface area contributed by atoms with Crippen LogP contribution in [0.25, 0.3) is 0 Å². The molecule has 3 heterocycles. The number of carbonyl (C=O) groups is 3. The second-order valence-electron chi connectivity index (χ2n) is 10.5.